The molecule has 3 rings (SSSR count). The summed E-state index contributed by atoms with van der Waals surface area (Å²) in [5, 5.41) is 3.19. The third kappa shape index (κ3) is 2.14. The fraction of sp³-hybridized carbons (Fsp3) is 0.500. The topological polar surface area (TPSA) is 90.4 Å². The van der Waals surface area contributed by atoms with E-state index in [4.69, 9.17) is 16.2 Å². The minimum atomic E-state index is -0.666. The van der Waals surface area contributed by atoms with Gasteiger partial charge >= 0.3 is 0 Å². The van der Waals surface area contributed by atoms with Gasteiger partial charge in [0.2, 0.25) is 0 Å². The molecule has 1 aromatic rings. The summed E-state index contributed by atoms with van der Waals surface area (Å²) in [7, 11) is 0. The van der Waals surface area contributed by atoms with Crippen molar-refractivity contribution >= 4 is 11.6 Å². The van der Waals surface area contributed by atoms with Gasteiger partial charge in [0.05, 0.1) is 17.7 Å². The fourth-order valence-electron chi connectivity index (χ4n) is 3.15. The molecule has 1 heterocycles. The Bertz CT molecular complexity index is 537. The van der Waals surface area contributed by atoms with Gasteiger partial charge in [-0.05, 0) is 31.0 Å². The molecular weight excluding hydrogens is 261 g/mol. The van der Waals surface area contributed by atoms with Crippen LogP contribution in [0, 0.1) is 11.7 Å². The van der Waals surface area contributed by atoms with E-state index in [1.54, 1.807) is 0 Å². The number of hydrogen-bond donors (Lipinski definition) is 3. The number of ether oxygens (including phenoxy) is 1. The highest BCUT2D eigenvalue weighted by Gasteiger charge is 2.50. The molecule has 6 heteroatoms. The summed E-state index contributed by atoms with van der Waals surface area (Å²) in [6.07, 6.45) is 2.16. The number of nitrogens with one attached hydrogen (secondary N) is 1. The van der Waals surface area contributed by atoms with Crippen LogP contribution in [0.25, 0.3) is 0 Å². The number of halogens is 1. The molecule has 1 amide bonds. The molecule has 0 bridgehead atoms. The van der Waals surface area contributed by atoms with Crippen molar-refractivity contribution < 1.29 is 13.9 Å². The van der Waals surface area contributed by atoms with Gasteiger partial charge in [0.15, 0.2) is 0 Å². The highest BCUT2D eigenvalue weighted by molar-refractivity contribution is 5.98. The van der Waals surface area contributed by atoms with Crippen molar-refractivity contribution in [3.63, 3.8) is 0 Å². The highest BCUT2D eigenvalue weighted by Crippen LogP contribution is 2.39. The maximum Gasteiger partial charge on any atom is 0.250 e. The smallest absolute Gasteiger partial charge is 0.250 e. The molecule has 1 aliphatic heterocycles. The molecule has 108 valence electrons. The van der Waals surface area contributed by atoms with Gasteiger partial charge in [-0.25, -0.2) is 4.39 Å². The minimum Gasteiger partial charge on any atom is -0.377 e. The summed E-state index contributed by atoms with van der Waals surface area (Å²) in [4.78, 5) is 11.4. The van der Waals surface area contributed by atoms with Crippen LogP contribution in [0.4, 0.5) is 10.1 Å². The van der Waals surface area contributed by atoms with Crippen LogP contribution in [0.3, 0.4) is 0 Å². The van der Waals surface area contributed by atoms with E-state index in [0.717, 1.165) is 25.5 Å². The Labute approximate surface area is 116 Å². The normalized spacial score (nSPS) is 32.1. The second-order valence-electron chi connectivity index (χ2n) is 5.44. The first-order valence-electron chi connectivity index (χ1n) is 6.81. The average Bonchev–Trinajstić information content (AvgIpc) is 2.45. The Hall–Kier alpha value is -1.66. The van der Waals surface area contributed by atoms with E-state index in [1.165, 1.54) is 12.1 Å². The van der Waals surface area contributed by atoms with Crippen molar-refractivity contribution in [3.8, 4) is 0 Å². The Balaban J connectivity index is 1.80. The van der Waals surface area contributed by atoms with Gasteiger partial charge in [-0.1, -0.05) is 0 Å². The maximum atomic E-state index is 13.2. The first-order valence-corrected chi connectivity index (χ1v) is 6.81. The average molecular weight is 279 g/mol. The van der Waals surface area contributed by atoms with Crippen LogP contribution in [-0.2, 0) is 4.74 Å². The van der Waals surface area contributed by atoms with Crippen molar-refractivity contribution in [2.45, 2.75) is 31.0 Å². The summed E-state index contributed by atoms with van der Waals surface area (Å²) in [6, 6.07) is 3.85. The van der Waals surface area contributed by atoms with Crippen molar-refractivity contribution in [1.82, 2.24) is 0 Å². The quantitative estimate of drug-likeness (QED) is 0.764. The van der Waals surface area contributed by atoms with Crippen LogP contribution in [0.1, 0.15) is 23.2 Å². The number of anilines is 1. The van der Waals surface area contributed by atoms with Crippen LogP contribution in [0.15, 0.2) is 18.2 Å². The van der Waals surface area contributed by atoms with E-state index in [-0.39, 0.29) is 23.8 Å². The molecule has 0 aromatic heterocycles. The number of primary amides is 1. The van der Waals surface area contributed by atoms with Gasteiger partial charge < -0.3 is 21.5 Å². The second kappa shape index (κ2) is 5.03. The van der Waals surface area contributed by atoms with E-state index in [1.807, 2.05) is 0 Å². The molecule has 1 saturated heterocycles. The number of carbonyl (C=O) groups excluding carboxylic acids is 1. The van der Waals surface area contributed by atoms with E-state index in [2.05, 4.69) is 5.32 Å². The molecular formula is C14H18FN3O2. The monoisotopic (exact) mass is 279 g/mol. The zero-order chi connectivity index (χ0) is 14.3. The predicted octanol–water partition coefficient (Wildman–Crippen LogP) is 0.841. The zero-order valence-electron chi connectivity index (χ0n) is 11.0. The standard InChI is InChI=1S/C14H18FN3O2/c15-7-3-4-10(9(6-7)14(17)19)18-12-11(16)8-2-1-5-20-13(8)12/h3-4,6,8,11-13,18H,1-2,5,16H2,(H2,17,19). The van der Waals surface area contributed by atoms with Gasteiger partial charge in [0.25, 0.3) is 5.91 Å². The van der Waals surface area contributed by atoms with Crippen LogP contribution >= 0.6 is 0 Å². The van der Waals surface area contributed by atoms with Gasteiger partial charge in [-0.15, -0.1) is 0 Å². The van der Waals surface area contributed by atoms with E-state index >= 15 is 0 Å². The third-order valence-electron chi connectivity index (χ3n) is 4.25. The highest BCUT2D eigenvalue weighted by atomic mass is 19.1. The van der Waals surface area contributed by atoms with Crippen LogP contribution < -0.4 is 16.8 Å². The van der Waals surface area contributed by atoms with Gasteiger partial charge in [0.1, 0.15) is 5.82 Å². The molecule has 1 saturated carbocycles. The lowest BCUT2D eigenvalue weighted by atomic mass is 9.68. The van der Waals surface area contributed by atoms with Crippen molar-refractivity contribution in [2.75, 3.05) is 11.9 Å². The van der Waals surface area contributed by atoms with Crippen LogP contribution in [0.2, 0.25) is 0 Å². The van der Waals surface area contributed by atoms with Crippen LogP contribution in [0.5, 0.6) is 0 Å². The summed E-state index contributed by atoms with van der Waals surface area (Å²) in [5.74, 6) is -0.797. The van der Waals surface area contributed by atoms with Gasteiger partial charge in [-0.3, -0.25) is 4.79 Å². The number of fused-ring (bicyclic) bond motifs is 1. The largest absolute Gasteiger partial charge is 0.377 e. The summed E-state index contributed by atoms with van der Waals surface area (Å²) >= 11 is 0. The Morgan fingerprint density at radius 1 is 1.45 bits per heavy atom. The van der Waals surface area contributed by atoms with E-state index < -0.39 is 11.7 Å². The molecule has 2 aliphatic rings. The minimum absolute atomic E-state index is 0.0221. The predicted molar refractivity (Wildman–Crippen MR) is 72.8 cm³/mol. The van der Waals surface area contributed by atoms with Crippen molar-refractivity contribution in [1.29, 1.82) is 0 Å². The second-order valence-corrected chi connectivity index (χ2v) is 5.44. The number of nitrogens with two attached hydrogens (primary N) is 2. The lowest BCUT2D eigenvalue weighted by Gasteiger charge is -2.52. The molecule has 1 aliphatic carbocycles. The molecule has 20 heavy (non-hydrogen) atoms. The third-order valence-corrected chi connectivity index (χ3v) is 4.25. The number of hydrogen-bond acceptors (Lipinski definition) is 4. The number of carbonyl (C=O) groups is 1. The lowest BCUT2D eigenvalue weighted by molar-refractivity contribution is -0.104. The Morgan fingerprint density at radius 3 is 3.00 bits per heavy atom. The molecule has 4 unspecified atom stereocenters. The van der Waals surface area contributed by atoms with Crippen molar-refractivity contribution in [2.24, 2.45) is 17.4 Å². The number of rotatable bonds is 3. The molecule has 0 spiro atoms. The Kier molecular flexibility index (Phi) is 3.35. The summed E-state index contributed by atoms with van der Waals surface area (Å²) in [5.41, 5.74) is 12.1. The molecule has 5 nitrogen and oxygen atoms in total. The molecule has 2 fully saturated rings. The molecule has 1 aromatic carbocycles. The SMILES string of the molecule is NC(=O)c1cc(F)ccc1NC1C(N)C2CCCOC21. The van der Waals surface area contributed by atoms with Crippen LogP contribution in [-0.4, -0.2) is 30.7 Å². The molecule has 0 radical (unpaired) electrons. The first kappa shape index (κ1) is 13.3. The molecule has 4 atom stereocenters. The van der Waals surface area contributed by atoms with Crippen molar-refractivity contribution in [3.05, 3.63) is 29.6 Å². The van der Waals surface area contributed by atoms with Gasteiger partial charge in [0, 0.05) is 24.3 Å². The number of amides is 1. The maximum absolute atomic E-state index is 13.2. The number of benzene rings is 1. The van der Waals surface area contributed by atoms with E-state index in [9.17, 15) is 9.18 Å². The van der Waals surface area contributed by atoms with E-state index in [0.29, 0.717) is 11.6 Å². The first-order chi connectivity index (χ1) is 9.58. The molecule has 5 N–H and O–H groups in total. The zero-order valence-corrected chi connectivity index (χ0v) is 11.0. The Morgan fingerprint density at radius 2 is 2.25 bits per heavy atom. The fourth-order valence-corrected chi connectivity index (χ4v) is 3.15. The van der Waals surface area contributed by atoms with Gasteiger partial charge in [-0.2, -0.15) is 0 Å². The summed E-state index contributed by atoms with van der Waals surface area (Å²) in [6.45, 7) is 0.734. The summed E-state index contributed by atoms with van der Waals surface area (Å²) < 4.78 is 18.9. The lowest BCUT2D eigenvalue weighted by Crippen LogP contribution is -2.69.